The summed E-state index contributed by atoms with van der Waals surface area (Å²) in [7, 11) is -0.893. The van der Waals surface area contributed by atoms with E-state index in [0.29, 0.717) is 17.9 Å². The molecule has 1 heterocycles. The van der Waals surface area contributed by atoms with Crippen LogP contribution in [0.25, 0.3) is 0 Å². The normalized spacial score (nSPS) is 13.0. The molecule has 1 aliphatic rings. The summed E-state index contributed by atoms with van der Waals surface area (Å²) in [6, 6.07) is 10.8. The molecule has 0 unspecified atom stereocenters. The quantitative estimate of drug-likeness (QED) is 0.371. The van der Waals surface area contributed by atoms with Gasteiger partial charge < -0.3 is 25.2 Å². The van der Waals surface area contributed by atoms with Gasteiger partial charge in [0.25, 0.3) is 0 Å². The van der Waals surface area contributed by atoms with E-state index >= 15 is 0 Å². The van der Waals surface area contributed by atoms with Crippen molar-refractivity contribution in [1.82, 2.24) is 0 Å². The number of benzene rings is 2. The fourth-order valence-electron chi connectivity index (χ4n) is 2.39. The molecule has 8 heteroatoms. The minimum absolute atomic E-state index is 0.0915. The number of carbonyl (C=O) groups is 1. The Morgan fingerprint density at radius 3 is 2.96 bits per heavy atom. The van der Waals surface area contributed by atoms with Crippen LogP contribution in [-0.2, 0) is 22.5 Å². The number of nitrogens with two attached hydrogens (primary N) is 1. The van der Waals surface area contributed by atoms with Crippen LogP contribution in [0.15, 0.2) is 41.3 Å². The molecule has 0 atom stereocenters. The number of nitrogen functional groups attached to an aromatic ring is 1. The average Bonchev–Trinajstić information content (AvgIpc) is 2.87. The Bertz CT molecular complexity index is 756. The second-order valence-corrected chi connectivity index (χ2v) is 6.07. The van der Waals surface area contributed by atoms with Gasteiger partial charge >= 0.3 is 13.1 Å². The molecule has 0 aromatic heterocycles. The first-order valence-corrected chi connectivity index (χ1v) is 7.80. The minimum Gasteiger partial charge on any atom is -0.481 e. The molecule has 118 valence electrons. The standard InChI is InChI=1S/C15H15BN2O4S/c17-11-2-4-14(10(5-11)6-15(19)20)23-18-12-3-1-9-8-22-16(21)13(9)7-12/h1-5,7,18,21H,6,8,17H2,(H,19,20). The molecule has 0 saturated heterocycles. The summed E-state index contributed by atoms with van der Waals surface area (Å²) in [5.41, 5.74) is 9.42. The Kier molecular flexibility index (Phi) is 4.47. The zero-order valence-corrected chi connectivity index (χ0v) is 13.0. The average molecular weight is 330 g/mol. The fraction of sp³-hybridized carbons (Fsp3) is 0.133. The SMILES string of the molecule is Nc1ccc(SNc2ccc3c(c2)B(O)OC3)c(CC(=O)O)c1. The van der Waals surface area contributed by atoms with Crippen molar-refractivity contribution in [2.45, 2.75) is 17.9 Å². The summed E-state index contributed by atoms with van der Waals surface area (Å²) in [6.07, 6.45) is -0.0915. The van der Waals surface area contributed by atoms with Crippen molar-refractivity contribution in [3.05, 3.63) is 47.5 Å². The van der Waals surface area contributed by atoms with Crippen LogP contribution in [0, 0.1) is 0 Å². The Morgan fingerprint density at radius 2 is 2.17 bits per heavy atom. The van der Waals surface area contributed by atoms with E-state index in [1.54, 1.807) is 18.2 Å². The summed E-state index contributed by atoms with van der Waals surface area (Å²) in [6.45, 7) is 0.407. The molecule has 1 aliphatic heterocycles. The van der Waals surface area contributed by atoms with E-state index in [0.717, 1.165) is 21.6 Å². The van der Waals surface area contributed by atoms with Gasteiger partial charge in [0.05, 0.1) is 13.0 Å². The molecule has 3 rings (SSSR count). The first-order chi connectivity index (χ1) is 11.0. The first-order valence-electron chi connectivity index (χ1n) is 6.98. The second kappa shape index (κ2) is 6.53. The van der Waals surface area contributed by atoms with Gasteiger partial charge in [-0.15, -0.1) is 0 Å². The van der Waals surface area contributed by atoms with Crippen molar-refractivity contribution >= 4 is 41.9 Å². The number of fused-ring (bicyclic) bond motifs is 1. The van der Waals surface area contributed by atoms with Crippen molar-refractivity contribution in [2.75, 3.05) is 10.5 Å². The number of carboxylic acid groups (broad SMARTS) is 1. The highest BCUT2D eigenvalue weighted by Crippen LogP contribution is 2.27. The maximum absolute atomic E-state index is 11.0. The van der Waals surface area contributed by atoms with Crippen LogP contribution >= 0.6 is 11.9 Å². The Hall–Kier alpha value is -2.16. The number of hydrogen-bond donors (Lipinski definition) is 4. The minimum atomic E-state index is -0.907. The second-order valence-electron chi connectivity index (χ2n) is 5.22. The lowest BCUT2D eigenvalue weighted by molar-refractivity contribution is -0.136. The topological polar surface area (TPSA) is 105 Å². The number of rotatable bonds is 5. The maximum Gasteiger partial charge on any atom is 0.491 e. The molecule has 0 amide bonds. The van der Waals surface area contributed by atoms with Gasteiger partial charge in [-0.25, -0.2) is 0 Å². The van der Waals surface area contributed by atoms with Crippen LogP contribution in [0.1, 0.15) is 11.1 Å². The molecule has 23 heavy (non-hydrogen) atoms. The van der Waals surface area contributed by atoms with Gasteiger partial charge in [0.2, 0.25) is 0 Å². The van der Waals surface area contributed by atoms with Gasteiger partial charge in [-0.1, -0.05) is 6.07 Å². The lowest BCUT2D eigenvalue weighted by Crippen LogP contribution is -2.28. The van der Waals surface area contributed by atoms with Gasteiger partial charge in [-0.2, -0.15) is 0 Å². The molecule has 0 radical (unpaired) electrons. The van der Waals surface area contributed by atoms with Crippen LogP contribution in [0.5, 0.6) is 0 Å². The highest BCUT2D eigenvalue weighted by molar-refractivity contribution is 8.00. The Morgan fingerprint density at radius 1 is 1.35 bits per heavy atom. The van der Waals surface area contributed by atoms with Gasteiger partial charge in [-0.05, 0) is 58.9 Å². The molecule has 0 aliphatic carbocycles. The number of nitrogens with one attached hydrogen (secondary N) is 1. The molecule has 0 bridgehead atoms. The zero-order chi connectivity index (χ0) is 16.4. The molecular formula is C15H15BN2O4S. The fourth-order valence-corrected chi connectivity index (χ4v) is 3.15. The predicted molar refractivity (Wildman–Crippen MR) is 90.5 cm³/mol. The summed E-state index contributed by atoms with van der Waals surface area (Å²) in [5, 5.41) is 18.7. The smallest absolute Gasteiger partial charge is 0.481 e. The summed E-state index contributed by atoms with van der Waals surface area (Å²) < 4.78 is 8.32. The molecule has 0 saturated carbocycles. The number of aliphatic carboxylic acids is 1. The van der Waals surface area contributed by atoms with E-state index in [1.807, 2.05) is 18.2 Å². The molecular weight excluding hydrogens is 315 g/mol. The third kappa shape index (κ3) is 3.61. The summed E-state index contributed by atoms with van der Waals surface area (Å²) in [4.78, 5) is 11.7. The van der Waals surface area contributed by atoms with Crippen molar-refractivity contribution in [1.29, 1.82) is 0 Å². The van der Waals surface area contributed by atoms with Crippen molar-refractivity contribution in [2.24, 2.45) is 0 Å². The highest BCUT2D eigenvalue weighted by atomic mass is 32.2. The number of anilines is 2. The van der Waals surface area contributed by atoms with Crippen molar-refractivity contribution in [3.8, 4) is 0 Å². The van der Waals surface area contributed by atoms with Gasteiger partial charge in [-0.3, -0.25) is 4.79 Å². The predicted octanol–water partition coefficient (Wildman–Crippen LogP) is 1.23. The van der Waals surface area contributed by atoms with E-state index in [-0.39, 0.29) is 6.42 Å². The van der Waals surface area contributed by atoms with Crippen LogP contribution < -0.4 is 15.9 Å². The Balaban J connectivity index is 1.76. The Labute approximate surface area is 137 Å². The van der Waals surface area contributed by atoms with Gasteiger partial charge in [0, 0.05) is 16.3 Å². The third-order valence-electron chi connectivity index (χ3n) is 3.51. The molecule has 6 nitrogen and oxygen atoms in total. The van der Waals surface area contributed by atoms with Crippen LogP contribution in [0.2, 0.25) is 0 Å². The van der Waals surface area contributed by atoms with Gasteiger partial charge in [0.1, 0.15) is 0 Å². The van der Waals surface area contributed by atoms with E-state index < -0.39 is 13.1 Å². The third-order valence-corrected chi connectivity index (χ3v) is 4.47. The summed E-state index contributed by atoms with van der Waals surface area (Å²) >= 11 is 1.31. The van der Waals surface area contributed by atoms with E-state index in [4.69, 9.17) is 15.5 Å². The first kappa shape index (κ1) is 15.7. The summed E-state index contributed by atoms with van der Waals surface area (Å²) in [5.74, 6) is -0.907. The van der Waals surface area contributed by atoms with E-state index in [2.05, 4.69) is 4.72 Å². The molecule has 2 aromatic carbocycles. The number of carboxylic acids is 1. The van der Waals surface area contributed by atoms with Crippen molar-refractivity contribution < 1.29 is 19.6 Å². The van der Waals surface area contributed by atoms with Gasteiger partial charge in [0.15, 0.2) is 0 Å². The van der Waals surface area contributed by atoms with Crippen LogP contribution in [0.4, 0.5) is 11.4 Å². The number of hydrogen-bond acceptors (Lipinski definition) is 6. The zero-order valence-electron chi connectivity index (χ0n) is 12.2. The molecule has 2 aromatic rings. The van der Waals surface area contributed by atoms with E-state index in [9.17, 15) is 9.82 Å². The van der Waals surface area contributed by atoms with Crippen molar-refractivity contribution in [3.63, 3.8) is 0 Å². The highest BCUT2D eigenvalue weighted by Gasteiger charge is 2.27. The van der Waals surface area contributed by atoms with E-state index in [1.165, 1.54) is 11.9 Å². The monoisotopic (exact) mass is 330 g/mol. The molecule has 5 N–H and O–H groups in total. The maximum atomic E-state index is 11.0. The van der Waals surface area contributed by atoms with Crippen LogP contribution in [0.3, 0.4) is 0 Å². The lowest BCUT2D eigenvalue weighted by Gasteiger charge is -2.11. The molecule has 0 fully saturated rings. The van der Waals surface area contributed by atoms with Crippen LogP contribution in [-0.4, -0.2) is 23.2 Å². The lowest BCUT2D eigenvalue weighted by atomic mass is 9.79. The molecule has 0 spiro atoms. The largest absolute Gasteiger partial charge is 0.491 e.